The summed E-state index contributed by atoms with van der Waals surface area (Å²) in [4.78, 5) is 0. The molecule has 9 rings (SSSR count). The summed E-state index contributed by atoms with van der Waals surface area (Å²) in [6.07, 6.45) is 0. The van der Waals surface area contributed by atoms with Crippen molar-refractivity contribution < 1.29 is 4.42 Å². The Labute approximate surface area is 240 Å². The van der Waals surface area contributed by atoms with E-state index in [0.29, 0.717) is 0 Å². The van der Waals surface area contributed by atoms with Gasteiger partial charge in [-0.15, -0.1) is 11.3 Å². The van der Waals surface area contributed by atoms with Gasteiger partial charge in [-0.2, -0.15) is 0 Å². The number of para-hydroxylation sites is 3. The lowest BCUT2D eigenvalue weighted by atomic mass is 9.93. The molecular formula is C38H23NOS. The fraction of sp³-hybridized carbons (Fsp3) is 0. The molecule has 2 nitrogen and oxygen atoms in total. The minimum absolute atomic E-state index is 0.918. The van der Waals surface area contributed by atoms with Crippen LogP contribution in [-0.2, 0) is 0 Å². The molecule has 0 aliphatic heterocycles. The van der Waals surface area contributed by atoms with E-state index in [9.17, 15) is 0 Å². The predicted octanol–water partition coefficient (Wildman–Crippen LogP) is 11.2. The van der Waals surface area contributed by atoms with Gasteiger partial charge in [0, 0.05) is 37.5 Å². The summed E-state index contributed by atoms with van der Waals surface area (Å²) in [6, 6.07) is 49.8. The Balaban J connectivity index is 1.30. The number of furan rings is 1. The number of thiophene rings is 1. The largest absolute Gasteiger partial charge is 0.456 e. The van der Waals surface area contributed by atoms with Crippen LogP contribution in [0.4, 0.5) is 0 Å². The molecule has 3 aromatic heterocycles. The minimum atomic E-state index is 0.918. The van der Waals surface area contributed by atoms with E-state index in [1.807, 2.05) is 23.5 Å². The first-order valence-electron chi connectivity index (χ1n) is 13.9. The van der Waals surface area contributed by atoms with Crippen molar-refractivity contribution in [2.75, 3.05) is 0 Å². The molecule has 41 heavy (non-hydrogen) atoms. The van der Waals surface area contributed by atoms with Crippen LogP contribution in [0.25, 0.3) is 81.1 Å². The van der Waals surface area contributed by atoms with Crippen molar-refractivity contribution in [1.29, 1.82) is 0 Å². The molecule has 0 saturated heterocycles. The lowest BCUT2D eigenvalue weighted by molar-refractivity contribution is 0.669. The zero-order chi connectivity index (χ0) is 26.9. The molecule has 3 heterocycles. The highest BCUT2D eigenvalue weighted by Crippen LogP contribution is 2.47. The van der Waals surface area contributed by atoms with Crippen LogP contribution in [0.5, 0.6) is 0 Å². The molecule has 0 saturated carbocycles. The second kappa shape index (κ2) is 8.69. The topological polar surface area (TPSA) is 18.1 Å². The highest BCUT2D eigenvalue weighted by molar-refractivity contribution is 7.27. The summed E-state index contributed by atoms with van der Waals surface area (Å²) in [5.41, 5.74) is 10.4. The first kappa shape index (κ1) is 22.7. The first-order chi connectivity index (χ1) is 20.3. The highest BCUT2D eigenvalue weighted by atomic mass is 32.1. The normalized spacial score (nSPS) is 11.9. The average Bonchev–Trinajstić information content (AvgIpc) is 3.70. The van der Waals surface area contributed by atoms with Crippen LogP contribution < -0.4 is 0 Å². The summed E-state index contributed by atoms with van der Waals surface area (Å²) < 4.78 is 11.3. The zero-order valence-electron chi connectivity index (χ0n) is 22.0. The summed E-state index contributed by atoms with van der Waals surface area (Å²) in [6.45, 7) is 0. The van der Waals surface area contributed by atoms with E-state index in [1.54, 1.807) is 0 Å². The van der Waals surface area contributed by atoms with Crippen molar-refractivity contribution in [3.63, 3.8) is 0 Å². The van der Waals surface area contributed by atoms with E-state index in [-0.39, 0.29) is 0 Å². The van der Waals surface area contributed by atoms with E-state index in [2.05, 4.69) is 132 Å². The van der Waals surface area contributed by atoms with Crippen molar-refractivity contribution in [3.05, 3.63) is 140 Å². The predicted molar refractivity (Wildman–Crippen MR) is 174 cm³/mol. The van der Waals surface area contributed by atoms with Crippen LogP contribution in [0.15, 0.2) is 144 Å². The van der Waals surface area contributed by atoms with Crippen LogP contribution in [0, 0.1) is 0 Å². The highest BCUT2D eigenvalue weighted by Gasteiger charge is 2.20. The SMILES string of the molecule is c1ccc(-n2c3ccccc3c3sc4c(-c5ccccc5-c5ccc6c(c5)oc5ccccc56)cccc4c32)cc1. The molecule has 0 N–H and O–H groups in total. The Morgan fingerprint density at radius 1 is 0.463 bits per heavy atom. The number of benzene rings is 6. The average molecular weight is 542 g/mol. The Bertz CT molecular complexity index is 2420. The molecule has 0 atom stereocenters. The van der Waals surface area contributed by atoms with E-state index in [1.165, 1.54) is 53.6 Å². The minimum Gasteiger partial charge on any atom is -0.456 e. The molecule has 192 valence electrons. The molecular weight excluding hydrogens is 518 g/mol. The van der Waals surface area contributed by atoms with Crippen LogP contribution in [0.2, 0.25) is 0 Å². The lowest BCUT2D eigenvalue weighted by Crippen LogP contribution is -1.93. The number of aromatic nitrogens is 1. The Morgan fingerprint density at radius 2 is 1.15 bits per heavy atom. The van der Waals surface area contributed by atoms with Crippen molar-refractivity contribution in [1.82, 2.24) is 4.57 Å². The van der Waals surface area contributed by atoms with E-state index in [0.717, 1.165) is 27.5 Å². The smallest absolute Gasteiger partial charge is 0.136 e. The van der Waals surface area contributed by atoms with Gasteiger partial charge >= 0.3 is 0 Å². The molecule has 0 aliphatic carbocycles. The maximum atomic E-state index is 6.26. The van der Waals surface area contributed by atoms with Gasteiger partial charge in [0.05, 0.1) is 15.7 Å². The fourth-order valence-electron chi connectivity index (χ4n) is 6.41. The molecule has 0 spiro atoms. The molecule has 3 heteroatoms. The quantitative estimate of drug-likeness (QED) is 0.217. The second-order valence-corrected chi connectivity index (χ2v) is 11.5. The fourth-order valence-corrected chi connectivity index (χ4v) is 7.76. The van der Waals surface area contributed by atoms with Crippen LogP contribution in [0.3, 0.4) is 0 Å². The molecule has 9 aromatic rings. The van der Waals surface area contributed by atoms with Crippen LogP contribution in [-0.4, -0.2) is 4.57 Å². The zero-order valence-corrected chi connectivity index (χ0v) is 22.9. The molecule has 0 unspecified atom stereocenters. The number of hydrogen-bond acceptors (Lipinski definition) is 2. The summed E-state index contributed by atoms with van der Waals surface area (Å²) in [5, 5.41) is 4.88. The van der Waals surface area contributed by atoms with Crippen molar-refractivity contribution in [2.45, 2.75) is 0 Å². The van der Waals surface area contributed by atoms with Crippen molar-refractivity contribution >= 4 is 64.5 Å². The van der Waals surface area contributed by atoms with Gasteiger partial charge in [0.15, 0.2) is 0 Å². The van der Waals surface area contributed by atoms with Gasteiger partial charge in [0.25, 0.3) is 0 Å². The van der Waals surface area contributed by atoms with Gasteiger partial charge in [0.1, 0.15) is 11.2 Å². The molecule has 0 radical (unpaired) electrons. The Kier molecular flexibility index (Phi) is 4.80. The lowest BCUT2D eigenvalue weighted by Gasteiger charge is -2.12. The van der Waals surface area contributed by atoms with Gasteiger partial charge in [0.2, 0.25) is 0 Å². The molecule has 0 amide bonds. The van der Waals surface area contributed by atoms with Gasteiger partial charge in [-0.05, 0) is 53.1 Å². The maximum Gasteiger partial charge on any atom is 0.136 e. The summed E-state index contributed by atoms with van der Waals surface area (Å²) in [7, 11) is 0. The van der Waals surface area contributed by atoms with Crippen LogP contribution in [0.1, 0.15) is 0 Å². The van der Waals surface area contributed by atoms with Gasteiger partial charge in [-0.25, -0.2) is 0 Å². The molecule has 0 aliphatic rings. The molecule has 0 fully saturated rings. The standard InChI is InChI=1S/C38H23NOS/c1-2-11-25(12-3-1)39-33-19-8-6-16-31(33)38-36(39)32-18-10-17-30(37(32)41-38)27-14-5-4-13-26(27)24-21-22-29-28-15-7-9-20-34(28)40-35(29)23-24/h1-23H. The second-order valence-electron chi connectivity index (χ2n) is 10.5. The monoisotopic (exact) mass is 541 g/mol. The third-order valence-electron chi connectivity index (χ3n) is 8.22. The number of fused-ring (bicyclic) bond motifs is 8. The Hall–Kier alpha value is -5.12. The first-order valence-corrected chi connectivity index (χ1v) is 14.7. The molecule has 0 bridgehead atoms. The van der Waals surface area contributed by atoms with Crippen molar-refractivity contribution in [3.8, 4) is 27.9 Å². The third-order valence-corrected chi connectivity index (χ3v) is 9.49. The van der Waals surface area contributed by atoms with E-state index >= 15 is 0 Å². The maximum absolute atomic E-state index is 6.26. The Morgan fingerprint density at radius 3 is 2.05 bits per heavy atom. The van der Waals surface area contributed by atoms with Gasteiger partial charge in [-0.1, -0.05) is 103 Å². The number of hydrogen-bond donors (Lipinski definition) is 0. The third kappa shape index (κ3) is 3.30. The van der Waals surface area contributed by atoms with Gasteiger partial charge in [-0.3, -0.25) is 0 Å². The number of nitrogens with zero attached hydrogens (tertiary/aromatic N) is 1. The van der Waals surface area contributed by atoms with Crippen molar-refractivity contribution in [2.24, 2.45) is 0 Å². The number of rotatable bonds is 3. The van der Waals surface area contributed by atoms with Gasteiger partial charge < -0.3 is 8.98 Å². The summed E-state index contributed by atoms with van der Waals surface area (Å²) >= 11 is 1.90. The molecule has 6 aromatic carbocycles. The van der Waals surface area contributed by atoms with E-state index in [4.69, 9.17) is 4.42 Å². The van der Waals surface area contributed by atoms with Crippen LogP contribution >= 0.6 is 11.3 Å². The summed E-state index contributed by atoms with van der Waals surface area (Å²) in [5.74, 6) is 0. The van der Waals surface area contributed by atoms with E-state index < -0.39 is 0 Å².